The van der Waals surface area contributed by atoms with E-state index in [2.05, 4.69) is 9.97 Å². The van der Waals surface area contributed by atoms with Crippen LogP contribution >= 0.6 is 12.2 Å². The number of H-pyrrole nitrogens is 1. The fraction of sp³-hybridized carbons (Fsp3) is 0.222. The van der Waals surface area contributed by atoms with Gasteiger partial charge in [0.25, 0.3) is 0 Å². The molecule has 0 bridgehead atoms. The zero-order valence-corrected chi connectivity index (χ0v) is 16.2. The Bertz CT molecular complexity index is 989. The summed E-state index contributed by atoms with van der Waals surface area (Å²) >= 11 is 5.45. The average Bonchev–Trinajstić information content (AvgIpc) is 2.96. The van der Waals surface area contributed by atoms with Crippen LogP contribution in [0.3, 0.4) is 0 Å². The first kappa shape index (κ1) is 21.0. The number of aromatic amines is 1. The highest BCUT2D eigenvalue weighted by atomic mass is 32.2. The molecule has 0 atom stereocenters. The Morgan fingerprint density at radius 1 is 1.19 bits per heavy atom. The van der Waals surface area contributed by atoms with Gasteiger partial charge >= 0.3 is 6.68 Å². The van der Waals surface area contributed by atoms with Crippen molar-refractivity contribution in [2.75, 3.05) is 6.26 Å². The third-order valence-electron chi connectivity index (χ3n) is 3.65. The Morgan fingerprint density at radius 2 is 1.78 bits per heavy atom. The maximum atomic E-state index is 11.6. The lowest BCUT2D eigenvalue weighted by Gasteiger charge is -2.11. The van der Waals surface area contributed by atoms with Crippen molar-refractivity contribution in [1.82, 2.24) is 9.97 Å². The summed E-state index contributed by atoms with van der Waals surface area (Å²) in [7, 11) is -3.21. The first-order valence-corrected chi connectivity index (χ1v) is 10.1. The first-order valence-electron chi connectivity index (χ1n) is 7.79. The van der Waals surface area contributed by atoms with Crippen molar-refractivity contribution in [3.63, 3.8) is 0 Å². The molecule has 1 aliphatic rings. The molecule has 0 radical (unpaired) electrons. The second-order valence-corrected chi connectivity index (χ2v) is 8.23. The minimum absolute atomic E-state index is 0.297. The van der Waals surface area contributed by atoms with E-state index in [-0.39, 0.29) is 0 Å². The molecule has 9 heteroatoms. The predicted octanol–water partition coefficient (Wildman–Crippen LogP) is 4.68. The minimum Gasteiger partial charge on any atom is -0.342 e. The highest BCUT2D eigenvalue weighted by molar-refractivity contribution is 7.90. The number of aryl methyl sites for hydroxylation is 1. The molecule has 27 heavy (non-hydrogen) atoms. The van der Waals surface area contributed by atoms with Crippen LogP contribution in [-0.2, 0) is 9.84 Å². The van der Waals surface area contributed by atoms with Gasteiger partial charge in [0.15, 0.2) is 9.84 Å². The standard InChI is InChI=1S/C17H16N2O2S2.CHF3/c1-11-18-16(12-7-9-13(10-8-12)23(2,20)21)17(19-11)14-5-3-4-6-15(14)22;2-1(3)4/h3-5,7-10H,6H2,1-2H3,(H,18,19);1H. The summed E-state index contributed by atoms with van der Waals surface area (Å²) in [5, 5.41) is 0. The number of thiocarbonyl (C=S) groups is 1. The summed E-state index contributed by atoms with van der Waals surface area (Å²) in [6.07, 6.45) is 7.93. The molecule has 1 heterocycles. The van der Waals surface area contributed by atoms with Gasteiger partial charge < -0.3 is 4.98 Å². The van der Waals surface area contributed by atoms with Crippen molar-refractivity contribution in [3.05, 3.63) is 54.0 Å². The van der Waals surface area contributed by atoms with Crippen LogP contribution < -0.4 is 0 Å². The van der Waals surface area contributed by atoms with Crippen LogP contribution in [0.15, 0.2) is 47.4 Å². The topological polar surface area (TPSA) is 62.8 Å². The molecule has 0 unspecified atom stereocenters. The number of aromatic nitrogens is 2. The monoisotopic (exact) mass is 414 g/mol. The summed E-state index contributed by atoms with van der Waals surface area (Å²) in [5.41, 5.74) is 3.48. The Kier molecular flexibility index (Phi) is 6.72. The van der Waals surface area contributed by atoms with Crippen LogP contribution in [0.4, 0.5) is 13.2 Å². The normalized spacial score (nSPS) is 14.0. The number of nitrogens with one attached hydrogen (secondary N) is 1. The van der Waals surface area contributed by atoms with Gasteiger partial charge in [0.1, 0.15) is 5.82 Å². The second-order valence-electron chi connectivity index (χ2n) is 5.73. The van der Waals surface area contributed by atoms with E-state index in [9.17, 15) is 21.6 Å². The molecule has 0 fully saturated rings. The van der Waals surface area contributed by atoms with Crippen LogP contribution in [0.5, 0.6) is 0 Å². The number of sulfone groups is 1. The fourth-order valence-corrected chi connectivity index (χ4v) is 3.42. The van der Waals surface area contributed by atoms with E-state index >= 15 is 0 Å². The van der Waals surface area contributed by atoms with Crippen molar-refractivity contribution in [2.24, 2.45) is 0 Å². The Labute approximate surface area is 160 Å². The maximum Gasteiger partial charge on any atom is 0.379 e. The van der Waals surface area contributed by atoms with E-state index in [4.69, 9.17) is 12.2 Å². The van der Waals surface area contributed by atoms with E-state index in [1.54, 1.807) is 24.3 Å². The molecule has 1 aliphatic carbocycles. The number of hydrogen-bond acceptors (Lipinski definition) is 4. The molecule has 4 nitrogen and oxygen atoms in total. The lowest BCUT2D eigenvalue weighted by atomic mass is 9.98. The lowest BCUT2D eigenvalue weighted by molar-refractivity contribution is 0.00819. The van der Waals surface area contributed by atoms with E-state index in [1.165, 1.54) is 6.26 Å². The summed E-state index contributed by atoms with van der Waals surface area (Å²) in [4.78, 5) is 8.98. The van der Waals surface area contributed by atoms with Gasteiger partial charge in [-0.05, 0) is 19.1 Å². The molecule has 1 aromatic carbocycles. The second kappa shape index (κ2) is 8.62. The summed E-state index contributed by atoms with van der Waals surface area (Å²) in [6.45, 7) is -1.78. The SMILES string of the molecule is Cc1nc(-c2ccc(S(C)(=O)=O)cc2)c(C2=CC=CCC2=S)[nH]1.FC(F)F. The number of nitrogens with zero attached hydrogens (tertiary/aromatic N) is 1. The van der Waals surface area contributed by atoms with Crippen molar-refractivity contribution in [3.8, 4) is 11.3 Å². The van der Waals surface area contributed by atoms with E-state index in [0.717, 1.165) is 39.6 Å². The molecule has 1 N–H and O–H groups in total. The first-order chi connectivity index (χ1) is 12.6. The van der Waals surface area contributed by atoms with Crippen LogP contribution in [0.2, 0.25) is 0 Å². The number of imidazole rings is 1. The van der Waals surface area contributed by atoms with Gasteiger partial charge in [0.05, 0.1) is 16.3 Å². The van der Waals surface area contributed by atoms with E-state index in [0.29, 0.717) is 4.90 Å². The van der Waals surface area contributed by atoms with Crippen molar-refractivity contribution < 1.29 is 21.6 Å². The summed E-state index contributed by atoms with van der Waals surface area (Å²) in [6, 6.07) is 6.76. The average molecular weight is 414 g/mol. The molecule has 1 aromatic heterocycles. The zero-order valence-electron chi connectivity index (χ0n) is 14.5. The highest BCUT2D eigenvalue weighted by Crippen LogP contribution is 2.30. The molecule has 2 aromatic rings. The number of rotatable bonds is 3. The van der Waals surface area contributed by atoms with Crippen LogP contribution in [0, 0.1) is 6.92 Å². The summed E-state index contributed by atoms with van der Waals surface area (Å²) in [5.74, 6) is 0.792. The largest absolute Gasteiger partial charge is 0.379 e. The number of hydrogen-bond donors (Lipinski definition) is 1. The Morgan fingerprint density at radius 3 is 2.30 bits per heavy atom. The summed E-state index contributed by atoms with van der Waals surface area (Å²) < 4.78 is 52.2. The van der Waals surface area contributed by atoms with Gasteiger partial charge in [-0.25, -0.2) is 13.4 Å². The molecule has 0 spiro atoms. The molecule has 3 rings (SSSR count). The van der Waals surface area contributed by atoms with Gasteiger partial charge in [-0.1, -0.05) is 42.6 Å². The van der Waals surface area contributed by atoms with Crippen LogP contribution in [-0.4, -0.2) is 36.2 Å². The minimum atomic E-state index is -3.67. The molecular formula is C18H17F3N2O2S2. The Hall–Kier alpha value is -2.26. The molecular weight excluding hydrogens is 397 g/mol. The van der Waals surface area contributed by atoms with Gasteiger partial charge in [-0.15, -0.1) is 0 Å². The predicted molar refractivity (Wildman–Crippen MR) is 103 cm³/mol. The highest BCUT2D eigenvalue weighted by Gasteiger charge is 2.18. The molecule has 0 aliphatic heterocycles. The number of allylic oxidation sites excluding steroid dienone is 4. The third-order valence-corrected chi connectivity index (χ3v) is 5.17. The Balaban J connectivity index is 0.000000596. The molecule has 0 saturated carbocycles. The van der Waals surface area contributed by atoms with Crippen molar-refractivity contribution in [2.45, 2.75) is 24.9 Å². The number of alkyl halides is 3. The van der Waals surface area contributed by atoms with Gasteiger partial charge in [-0.3, -0.25) is 0 Å². The number of halogens is 3. The van der Waals surface area contributed by atoms with E-state index < -0.39 is 16.5 Å². The number of benzene rings is 1. The fourth-order valence-electron chi connectivity index (χ4n) is 2.52. The molecule has 144 valence electrons. The van der Waals surface area contributed by atoms with Gasteiger partial charge in [-0.2, -0.15) is 13.2 Å². The lowest BCUT2D eigenvalue weighted by Crippen LogP contribution is -2.02. The zero-order chi connectivity index (χ0) is 20.2. The van der Waals surface area contributed by atoms with Crippen LogP contribution in [0.25, 0.3) is 16.8 Å². The molecule has 0 saturated heterocycles. The van der Waals surface area contributed by atoms with E-state index in [1.807, 2.05) is 25.2 Å². The van der Waals surface area contributed by atoms with Crippen molar-refractivity contribution >= 4 is 32.5 Å². The van der Waals surface area contributed by atoms with Gasteiger partial charge in [0.2, 0.25) is 0 Å². The third kappa shape index (κ3) is 5.61. The smallest absolute Gasteiger partial charge is 0.342 e. The quantitative estimate of drug-likeness (QED) is 0.741. The van der Waals surface area contributed by atoms with Gasteiger partial charge in [0, 0.05) is 28.7 Å². The molecule has 0 amide bonds. The maximum absolute atomic E-state index is 11.6. The van der Waals surface area contributed by atoms with Crippen molar-refractivity contribution in [1.29, 1.82) is 0 Å². The van der Waals surface area contributed by atoms with Crippen LogP contribution in [0.1, 0.15) is 17.9 Å².